The summed E-state index contributed by atoms with van der Waals surface area (Å²) in [5.41, 5.74) is 2.82. The summed E-state index contributed by atoms with van der Waals surface area (Å²) in [6.45, 7) is 4.52. The van der Waals surface area contributed by atoms with E-state index in [0.29, 0.717) is 0 Å². The lowest BCUT2D eigenvalue weighted by Gasteiger charge is -2.04. The van der Waals surface area contributed by atoms with E-state index < -0.39 is 0 Å². The first-order valence-corrected chi connectivity index (χ1v) is 3.89. The average molecular weight is 160 g/mol. The molecular weight excluding hydrogens is 150 g/mol. The molecule has 1 aromatic rings. The van der Waals surface area contributed by atoms with E-state index in [-0.39, 0.29) is 5.91 Å². The molecule has 61 valence electrons. The van der Waals surface area contributed by atoms with Gasteiger partial charge >= 0.3 is 0 Å². The Labute approximate surface area is 71.8 Å². The molecule has 0 saturated carbocycles. The van der Waals surface area contributed by atoms with Gasteiger partial charge in [0.15, 0.2) is 0 Å². The van der Waals surface area contributed by atoms with E-state index in [1.54, 1.807) is 4.90 Å². The van der Waals surface area contributed by atoms with E-state index in [9.17, 15) is 4.79 Å². The Bertz CT molecular complexity index is 344. The minimum absolute atomic E-state index is 0.107. The predicted octanol–water partition coefficient (Wildman–Crippen LogP) is 1.45. The highest BCUT2D eigenvalue weighted by molar-refractivity contribution is 5.98. The van der Waals surface area contributed by atoms with Crippen LogP contribution >= 0.6 is 0 Å². The zero-order valence-electron chi connectivity index (χ0n) is 7.00. The molecule has 1 heterocycles. The number of amides is 1. The molecule has 0 fully saturated rings. The monoisotopic (exact) mass is 160 g/mol. The summed E-state index contributed by atoms with van der Waals surface area (Å²) in [5.74, 6) is 0.107. The SMILES string of the molecule is [CH2]c1ccc2c(c1)C(=O)N(C)C2. The molecule has 0 N–H and O–H groups in total. The van der Waals surface area contributed by atoms with E-state index >= 15 is 0 Å². The van der Waals surface area contributed by atoms with Gasteiger partial charge in [-0.1, -0.05) is 12.1 Å². The van der Waals surface area contributed by atoms with Crippen molar-refractivity contribution in [3.63, 3.8) is 0 Å². The second kappa shape index (κ2) is 2.34. The number of fused-ring (bicyclic) bond motifs is 1. The molecule has 12 heavy (non-hydrogen) atoms. The van der Waals surface area contributed by atoms with Crippen molar-refractivity contribution >= 4 is 5.91 Å². The van der Waals surface area contributed by atoms with Crippen molar-refractivity contribution in [2.24, 2.45) is 0 Å². The van der Waals surface area contributed by atoms with Crippen LogP contribution in [0.3, 0.4) is 0 Å². The Morgan fingerprint density at radius 2 is 2.25 bits per heavy atom. The minimum Gasteiger partial charge on any atom is -0.337 e. The zero-order chi connectivity index (χ0) is 8.72. The molecule has 2 heteroatoms. The topological polar surface area (TPSA) is 20.3 Å². The fraction of sp³-hybridized carbons (Fsp3) is 0.200. The van der Waals surface area contributed by atoms with Crippen molar-refractivity contribution in [3.8, 4) is 0 Å². The maximum absolute atomic E-state index is 11.4. The van der Waals surface area contributed by atoms with Crippen LogP contribution in [-0.2, 0) is 6.54 Å². The van der Waals surface area contributed by atoms with Gasteiger partial charge in [0, 0.05) is 19.2 Å². The second-order valence-electron chi connectivity index (χ2n) is 3.15. The lowest BCUT2D eigenvalue weighted by Crippen LogP contribution is -2.17. The summed E-state index contributed by atoms with van der Waals surface area (Å²) in [6.07, 6.45) is 0. The normalized spacial score (nSPS) is 15.2. The van der Waals surface area contributed by atoms with Gasteiger partial charge in [0.05, 0.1) is 0 Å². The smallest absolute Gasteiger partial charge is 0.254 e. The Kier molecular flexibility index (Phi) is 1.43. The van der Waals surface area contributed by atoms with Crippen LogP contribution in [0.5, 0.6) is 0 Å². The largest absolute Gasteiger partial charge is 0.337 e. The highest BCUT2D eigenvalue weighted by atomic mass is 16.2. The number of nitrogens with zero attached hydrogens (tertiary/aromatic N) is 1. The Balaban J connectivity index is 2.56. The summed E-state index contributed by atoms with van der Waals surface area (Å²) in [4.78, 5) is 13.2. The lowest BCUT2D eigenvalue weighted by atomic mass is 10.1. The van der Waals surface area contributed by atoms with Crippen LogP contribution in [0.15, 0.2) is 18.2 Å². The summed E-state index contributed by atoms with van der Waals surface area (Å²) >= 11 is 0. The molecule has 0 aromatic heterocycles. The number of carbonyl (C=O) groups excluding carboxylic acids is 1. The number of hydrogen-bond acceptors (Lipinski definition) is 1. The molecule has 1 aromatic carbocycles. The minimum atomic E-state index is 0.107. The molecule has 0 aliphatic carbocycles. The van der Waals surface area contributed by atoms with Gasteiger partial charge < -0.3 is 4.90 Å². The second-order valence-corrected chi connectivity index (χ2v) is 3.15. The van der Waals surface area contributed by atoms with Crippen molar-refractivity contribution in [1.82, 2.24) is 4.90 Å². The third-order valence-electron chi connectivity index (χ3n) is 2.16. The molecule has 0 bridgehead atoms. The number of rotatable bonds is 0. The van der Waals surface area contributed by atoms with E-state index in [2.05, 4.69) is 6.92 Å². The zero-order valence-corrected chi connectivity index (χ0v) is 7.00. The molecule has 0 unspecified atom stereocenters. The Morgan fingerprint density at radius 3 is 3.00 bits per heavy atom. The Morgan fingerprint density at radius 1 is 1.50 bits per heavy atom. The van der Waals surface area contributed by atoms with Gasteiger partial charge in [-0.05, 0) is 24.1 Å². The standard InChI is InChI=1S/C10H10NO/c1-7-3-4-8-6-11(2)10(12)9(8)5-7/h3-5H,1,6H2,2H3. The van der Waals surface area contributed by atoms with Gasteiger partial charge in [0.2, 0.25) is 0 Å². The lowest BCUT2D eigenvalue weighted by molar-refractivity contribution is 0.0816. The van der Waals surface area contributed by atoms with Crippen molar-refractivity contribution in [1.29, 1.82) is 0 Å². The van der Waals surface area contributed by atoms with Crippen LogP contribution < -0.4 is 0 Å². The molecule has 1 aliphatic heterocycles. The molecule has 1 amide bonds. The predicted molar refractivity (Wildman–Crippen MR) is 46.7 cm³/mol. The van der Waals surface area contributed by atoms with Crippen molar-refractivity contribution in [2.45, 2.75) is 6.54 Å². The maximum Gasteiger partial charge on any atom is 0.254 e. The Hall–Kier alpha value is -1.31. The fourth-order valence-corrected chi connectivity index (χ4v) is 1.49. The number of benzene rings is 1. The molecule has 1 aliphatic rings. The van der Waals surface area contributed by atoms with Crippen LogP contribution in [0.1, 0.15) is 21.5 Å². The van der Waals surface area contributed by atoms with Gasteiger partial charge in [-0.25, -0.2) is 0 Å². The third kappa shape index (κ3) is 0.916. The van der Waals surface area contributed by atoms with Gasteiger partial charge in [0.25, 0.3) is 5.91 Å². The fourth-order valence-electron chi connectivity index (χ4n) is 1.49. The molecule has 0 spiro atoms. The van der Waals surface area contributed by atoms with Crippen molar-refractivity contribution in [3.05, 3.63) is 41.8 Å². The van der Waals surface area contributed by atoms with Crippen LogP contribution in [0.25, 0.3) is 0 Å². The summed E-state index contributed by atoms with van der Waals surface area (Å²) in [5, 5.41) is 0. The van der Waals surface area contributed by atoms with Gasteiger partial charge in [0.1, 0.15) is 0 Å². The average Bonchev–Trinajstić information content (AvgIpc) is 2.31. The van der Waals surface area contributed by atoms with Crippen LogP contribution in [0.4, 0.5) is 0 Å². The van der Waals surface area contributed by atoms with E-state index in [1.807, 2.05) is 25.2 Å². The van der Waals surface area contributed by atoms with Crippen LogP contribution in [-0.4, -0.2) is 17.9 Å². The molecule has 2 rings (SSSR count). The summed E-state index contributed by atoms with van der Waals surface area (Å²) in [6, 6.07) is 5.76. The van der Waals surface area contributed by atoms with E-state index in [1.165, 1.54) is 0 Å². The highest BCUT2D eigenvalue weighted by Crippen LogP contribution is 2.21. The quantitative estimate of drug-likeness (QED) is 0.562. The third-order valence-corrected chi connectivity index (χ3v) is 2.16. The first-order valence-electron chi connectivity index (χ1n) is 3.89. The molecular formula is C10H10NO. The first-order chi connectivity index (χ1) is 5.68. The van der Waals surface area contributed by atoms with Gasteiger partial charge in [-0.15, -0.1) is 0 Å². The number of carbonyl (C=O) groups is 1. The van der Waals surface area contributed by atoms with Gasteiger partial charge in [-0.3, -0.25) is 4.79 Å². The van der Waals surface area contributed by atoms with Crippen molar-refractivity contribution in [2.75, 3.05) is 7.05 Å². The van der Waals surface area contributed by atoms with Crippen LogP contribution in [0.2, 0.25) is 0 Å². The highest BCUT2D eigenvalue weighted by Gasteiger charge is 2.23. The van der Waals surface area contributed by atoms with E-state index in [0.717, 1.165) is 23.2 Å². The molecule has 2 nitrogen and oxygen atoms in total. The first kappa shape index (κ1) is 7.35. The van der Waals surface area contributed by atoms with E-state index in [4.69, 9.17) is 0 Å². The van der Waals surface area contributed by atoms with Crippen LogP contribution in [0, 0.1) is 6.92 Å². The molecule has 1 radical (unpaired) electrons. The summed E-state index contributed by atoms with van der Waals surface area (Å²) < 4.78 is 0. The number of hydrogen-bond donors (Lipinski definition) is 0. The molecule has 0 atom stereocenters. The maximum atomic E-state index is 11.4. The summed E-state index contributed by atoms with van der Waals surface area (Å²) in [7, 11) is 1.81. The molecule has 0 saturated heterocycles. The van der Waals surface area contributed by atoms with Gasteiger partial charge in [-0.2, -0.15) is 0 Å². The van der Waals surface area contributed by atoms with Crippen molar-refractivity contribution < 1.29 is 4.79 Å².